The maximum Gasteiger partial charge on any atom is 0.252 e. The van der Waals surface area contributed by atoms with E-state index in [2.05, 4.69) is 12.2 Å². The average Bonchev–Trinajstić information content (AvgIpc) is 3.02. The number of carbonyl (C=O) groups excluding carboxylic acids is 1. The lowest BCUT2D eigenvalue weighted by Crippen LogP contribution is -2.51. The van der Waals surface area contributed by atoms with Gasteiger partial charge in [-0.15, -0.1) is 11.3 Å². The van der Waals surface area contributed by atoms with Gasteiger partial charge in [0.15, 0.2) is 0 Å². The zero-order valence-corrected chi connectivity index (χ0v) is 16.9. The molecule has 0 saturated carbocycles. The largest absolute Gasteiger partial charge is 0.355 e. The number of piperazine rings is 1. The molecule has 1 fully saturated rings. The summed E-state index contributed by atoms with van der Waals surface area (Å²) in [6, 6.07) is 3.14. The normalized spacial score (nSPS) is 16.9. The fourth-order valence-electron chi connectivity index (χ4n) is 2.73. The number of hydrogen-bond acceptors (Lipinski definition) is 5. The van der Waals surface area contributed by atoms with Crippen molar-refractivity contribution in [3.63, 3.8) is 0 Å². The predicted molar refractivity (Wildman–Crippen MR) is 102 cm³/mol. The number of hydrogen-bond donors (Lipinski definition) is 1. The quantitative estimate of drug-likeness (QED) is 0.638. The van der Waals surface area contributed by atoms with Crippen LogP contribution in [0, 0.1) is 0 Å². The SMILES string of the molecule is CCCCCCNC(=O)CN1CCN(S(=O)(=O)c2ccc(Cl)s2)CC1. The monoisotopic (exact) mass is 407 g/mol. The first kappa shape index (κ1) is 20.6. The van der Waals surface area contributed by atoms with Gasteiger partial charge in [-0.2, -0.15) is 4.31 Å². The highest BCUT2D eigenvalue weighted by atomic mass is 35.5. The molecule has 0 aliphatic carbocycles. The summed E-state index contributed by atoms with van der Waals surface area (Å²) in [5.41, 5.74) is 0. The lowest BCUT2D eigenvalue weighted by atomic mass is 10.2. The van der Waals surface area contributed by atoms with E-state index in [0.29, 0.717) is 43.6 Å². The van der Waals surface area contributed by atoms with Crippen LogP contribution in [0.15, 0.2) is 16.3 Å². The first-order valence-electron chi connectivity index (χ1n) is 8.68. The highest BCUT2D eigenvalue weighted by Crippen LogP contribution is 2.28. The van der Waals surface area contributed by atoms with Gasteiger partial charge in [0, 0.05) is 32.7 Å². The van der Waals surface area contributed by atoms with Crippen LogP contribution in [0.3, 0.4) is 0 Å². The smallest absolute Gasteiger partial charge is 0.252 e. The van der Waals surface area contributed by atoms with E-state index in [9.17, 15) is 13.2 Å². The Morgan fingerprint density at radius 1 is 1.20 bits per heavy atom. The van der Waals surface area contributed by atoms with Gasteiger partial charge in [-0.1, -0.05) is 37.8 Å². The number of nitrogens with one attached hydrogen (secondary N) is 1. The Morgan fingerprint density at radius 2 is 1.92 bits per heavy atom. The highest BCUT2D eigenvalue weighted by Gasteiger charge is 2.30. The Labute approximate surface area is 159 Å². The lowest BCUT2D eigenvalue weighted by Gasteiger charge is -2.33. The third-order valence-corrected chi connectivity index (χ3v) is 7.79. The molecule has 1 aliphatic rings. The van der Waals surface area contributed by atoms with E-state index in [1.54, 1.807) is 12.1 Å². The molecule has 0 bridgehead atoms. The standard InChI is InChI=1S/C16H26ClN3O3S2/c1-2-3-4-5-8-18-15(21)13-19-9-11-20(12-10-19)25(22,23)16-7-6-14(17)24-16/h6-7H,2-5,8-13H2,1H3,(H,18,21). The van der Waals surface area contributed by atoms with Crippen LogP contribution in [0.4, 0.5) is 0 Å². The van der Waals surface area contributed by atoms with Gasteiger partial charge >= 0.3 is 0 Å². The molecule has 1 aromatic rings. The Morgan fingerprint density at radius 3 is 2.52 bits per heavy atom. The number of unbranched alkanes of at least 4 members (excludes halogenated alkanes) is 3. The third kappa shape index (κ3) is 6.21. The molecule has 0 radical (unpaired) electrons. The van der Waals surface area contributed by atoms with Gasteiger partial charge in [-0.3, -0.25) is 9.69 Å². The lowest BCUT2D eigenvalue weighted by molar-refractivity contribution is -0.122. The van der Waals surface area contributed by atoms with Gasteiger partial charge in [0.2, 0.25) is 5.91 Å². The second-order valence-electron chi connectivity index (χ2n) is 6.15. The van der Waals surface area contributed by atoms with Crippen molar-refractivity contribution in [2.45, 2.75) is 36.8 Å². The zero-order valence-electron chi connectivity index (χ0n) is 14.5. The van der Waals surface area contributed by atoms with Crippen LogP contribution in [0.2, 0.25) is 4.34 Å². The first-order chi connectivity index (χ1) is 11.9. The molecule has 0 atom stereocenters. The van der Waals surface area contributed by atoms with Crippen LogP contribution in [0.1, 0.15) is 32.6 Å². The number of amides is 1. The summed E-state index contributed by atoms with van der Waals surface area (Å²) in [6.07, 6.45) is 4.52. The molecule has 1 aliphatic heterocycles. The molecular formula is C16H26ClN3O3S2. The van der Waals surface area contributed by atoms with Crippen LogP contribution in [0.5, 0.6) is 0 Å². The van der Waals surface area contributed by atoms with Crippen LogP contribution in [0.25, 0.3) is 0 Å². The van der Waals surface area contributed by atoms with Gasteiger partial charge < -0.3 is 5.32 Å². The van der Waals surface area contributed by atoms with E-state index in [1.807, 2.05) is 4.90 Å². The van der Waals surface area contributed by atoms with Crippen molar-refractivity contribution in [2.75, 3.05) is 39.3 Å². The van der Waals surface area contributed by atoms with Gasteiger partial charge in [0.1, 0.15) is 4.21 Å². The van der Waals surface area contributed by atoms with Gasteiger partial charge in [0.05, 0.1) is 10.9 Å². The number of rotatable bonds is 9. The minimum atomic E-state index is -3.48. The number of nitrogens with zero attached hydrogens (tertiary/aromatic N) is 2. The topological polar surface area (TPSA) is 69.7 Å². The van der Waals surface area contributed by atoms with Crippen molar-refractivity contribution < 1.29 is 13.2 Å². The zero-order chi connectivity index (χ0) is 18.3. The Bertz CT molecular complexity index is 655. The van der Waals surface area contributed by atoms with Crippen LogP contribution >= 0.6 is 22.9 Å². The Hall–Kier alpha value is -0.670. The summed E-state index contributed by atoms with van der Waals surface area (Å²) in [6.45, 7) is 5.09. The summed E-state index contributed by atoms with van der Waals surface area (Å²) >= 11 is 6.91. The molecule has 0 unspecified atom stereocenters. The maximum atomic E-state index is 12.5. The predicted octanol–water partition coefficient (Wildman–Crippen LogP) is 2.40. The van der Waals surface area contributed by atoms with E-state index < -0.39 is 10.0 Å². The molecule has 6 nitrogen and oxygen atoms in total. The first-order valence-corrected chi connectivity index (χ1v) is 11.3. The van der Waals surface area contributed by atoms with Crippen LogP contribution < -0.4 is 5.32 Å². The van der Waals surface area contributed by atoms with Crippen molar-refractivity contribution in [3.05, 3.63) is 16.5 Å². The second-order valence-corrected chi connectivity index (χ2v) is 10.0. The van der Waals surface area contributed by atoms with Crippen LogP contribution in [-0.4, -0.2) is 62.8 Å². The summed E-state index contributed by atoms with van der Waals surface area (Å²) in [4.78, 5) is 13.9. The van der Waals surface area contributed by atoms with E-state index in [1.165, 1.54) is 17.1 Å². The molecule has 2 rings (SSSR count). The molecular weight excluding hydrogens is 382 g/mol. The molecule has 1 aromatic heterocycles. The van der Waals surface area contributed by atoms with Crippen LogP contribution in [-0.2, 0) is 14.8 Å². The minimum absolute atomic E-state index is 0.0119. The third-order valence-electron chi connectivity index (χ3n) is 4.19. The van der Waals surface area contributed by atoms with Crippen molar-refractivity contribution in [3.8, 4) is 0 Å². The van der Waals surface area contributed by atoms with E-state index >= 15 is 0 Å². The maximum absolute atomic E-state index is 12.5. The van der Waals surface area contributed by atoms with Crippen molar-refractivity contribution in [1.29, 1.82) is 0 Å². The Kier molecular flexibility index (Phi) is 8.15. The minimum Gasteiger partial charge on any atom is -0.355 e. The fourth-order valence-corrected chi connectivity index (χ4v) is 5.79. The molecule has 142 valence electrons. The summed E-state index contributed by atoms with van der Waals surface area (Å²) in [5, 5.41) is 2.93. The molecule has 0 spiro atoms. The van der Waals surface area contributed by atoms with Gasteiger partial charge in [0.25, 0.3) is 10.0 Å². The van der Waals surface area contributed by atoms with E-state index in [0.717, 1.165) is 24.2 Å². The summed E-state index contributed by atoms with van der Waals surface area (Å²) in [7, 11) is -3.48. The van der Waals surface area contributed by atoms with Gasteiger partial charge in [-0.05, 0) is 18.6 Å². The summed E-state index contributed by atoms with van der Waals surface area (Å²) in [5.74, 6) is 0.0119. The number of halogens is 1. The van der Waals surface area contributed by atoms with Crippen molar-refractivity contribution in [1.82, 2.24) is 14.5 Å². The van der Waals surface area contributed by atoms with Gasteiger partial charge in [-0.25, -0.2) is 8.42 Å². The molecule has 25 heavy (non-hydrogen) atoms. The fraction of sp³-hybridized carbons (Fsp3) is 0.688. The second kappa shape index (κ2) is 9.87. The molecule has 2 heterocycles. The van der Waals surface area contributed by atoms with Crippen molar-refractivity contribution >= 4 is 38.9 Å². The van der Waals surface area contributed by atoms with E-state index in [4.69, 9.17) is 11.6 Å². The Balaban J connectivity index is 1.73. The number of sulfonamides is 1. The molecule has 1 saturated heterocycles. The number of thiophene rings is 1. The molecule has 9 heteroatoms. The molecule has 1 N–H and O–H groups in total. The molecule has 1 amide bonds. The summed E-state index contributed by atoms with van der Waals surface area (Å²) < 4.78 is 27.3. The average molecular weight is 408 g/mol. The van der Waals surface area contributed by atoms with Crippen molar-refractivity contribution in [2.24, 2.45) is 0 Å². The number of carbonyl (C=O) groups is 1. The molecule has 0 aromatic carbocycles. The highest BCUT2D eigenvalue weighted by molar-refractivity contribution is 7.91. The van der Waals surface area contributed by atoms with E-state index in [-0.39, 0.29) is 10.1 Å².